The van der Waals surface area contributed by atoms with Crippen LogP contribution in [0.5, 0.6) is 5.75 Å². The summed E-state index contributed by atoms with van der Waals surface area (Å²) in [6.07, 6.45) is 0. The molecular formula is C25H20ClF4N3O3. The summed E-state index contributed by atoms with van der Waals surface area (Å²) < 4.78 is 60.7. The van der Waals surface area contributed by atoms with Crippen molar-refractivity contribution in [2.75, 3.05) is 43.5 Å². The molecule has 6 nitrogen and oxygen atoms in total. The van der Waals surface area contributed by atoms with Crippen LogP contribution in [0.25, 0.3) is 0 Å². The van der Waals surface area contributed by atoms with E-state index in [1.807, 2.05) is 11.0 Å². The lowest BCUT2D eigenvalue weighted by Gasteiger charge is -2.36. The van der Waals surface area contributed by atoms with E-state index in [-0.39, 0.29) is 16.6 Å². The molecule has 2 amide bonds. The first-order valence-corrected chi connectivity index (χ1v) is 11.2. The minimum absolute atomic E-state index is 0.0575. The van der Waals surface area contributed by atoms with E-state index in [2.05, 4.69) is 10.1 Å². The van der Waals surface area contributed by atoms with Crippen molar-refractivity contribution in [3.05, 3.63) is 87.9 Å². The van der Waals surface area contributed by atoms with Crippen molar-refractivity contribution < 1.29 is 31.9 Å². The predicted octanol–water partition coefficient (Wildman–Crippen LogP) is 5.12. The molecule has 0 aromatic heterocycles. The Labute approximate surface area is 209 Å². The minimum atomic E-state index is -1.88. The monoisotopic (exact) mass is 521 g/mol. The molecule has 3 aromatic rings. The molecule has 0 unspecified atom stereocenters. The quantitative estimate of drug-likeness (QED) is 0.374. The summed E-state index contributed by atoms with van der Waals surface area (Å²) in [6.45, 7) is 1.95. The van der Waals surface area contributed by atoms with Gasteiger partial charge in [-0.1, -0.05) is 29.8 Å². The molecule has 36 heavy (non-hydrogen) atoms. The third kappa shape index (κ3) is 4.81. The standard InChI is InChI=1S/C25H20ClF4N3O3/c1-36-23-21(29)19(27)18(20(28)22(23)30)24(34)31-15-7-8-17(16(26)13-15)32-9-11-33(12-10-32)25(35)14-5-3-2-4-6-14/h2-8,13H,9-12H2,1H3,(H,31,34). The number of piperazine rings is 1. The van der Waals surface area contributed by atoms with Gasteiger partial charge in [-0.3, -0.25) is 9.59 Å². The maximum Gasteiger partial charge on any atom is 0.261 e. The van der Waals surface area contributed by atoms with Crippen LogP contribution in [0.4, 0.5) is 28.9 Å². The lowest BCUT2D eigenvalue weighted by molar-refractivity contribution is 0.0746. The Morgan fingerprint density at radius 1 is 0.889 bits per heavy atom. The van der Waals surface area contributed by atoms with E-state index in [9.17, 15) is 27.2 Å². The second-order valence-corrected chi connectivity index (χ2v) is 8.34. The van der Waals surface area contributed by atoms with Gasteiger partial charge in [-0.05, 0) is 30.3 Å². The van der Waals surface area contributed by atoms with Gasteiger partial charge in [-0.15, -0.1) is 0 Å². The average Bonchev–Trinajstić information content (AvgIpc) is 2.88. The molecule has 0 atom stereocenters. The van der Waals surface area contributed by atoms with E-state index in [1.54, 1.807) is 35.2 Å². The van der Waals surface area contributed by atoms with E-state index in [0.29, 0.717) is 37.4 Å². The molecule has 0 saturated carbocycles. The summed E-state index contributed by atoms with van der Waals surface area (Å²) in [4.78, 5) is 28.7. The highest BCUT2D eigenvalue weighted by molar-refractivity contribution is 6.33. The van der Waals surface area contributed by atoms with E-state index in [4.69, 9.17) is 11.6 Å². The zero-order valence-corrected chi connectivity index (χ0v) is 19.7. The van der Waals surface area contributed by atoms with Crippen LogP contribution < -0.4 is 15.0 Å². The molecule has 1 aliphatic heterocycles. The maximum atomic E-state index is 14.2. The van der Waals surface area contributed by atoms with Gasteiger partial charge in [0.25, 0.3) is 11.8 Å². The van der Waals surface area contributed by atoms with Crippen LogP contribution in [0.15, 0.2) is 48.5 Å². The van der Waals surface area contributed by atoms with Crippen molar-refractivity contribution in [3.8, 4) is 5.75 Å². The smallest absolute Gasteiger partial charge is 0.261 e. The lowest BCUT2D eigenvalue weighted by atomic mass is 10.1. The third-order valence-corrected chi connectivity index (χ3v) is 6.09. The zero-order chi connectivity index (χ0) is 26.0. The van der Waals surface area contributed by atoms with Gasteiger partial charge >= 0.3 is 0 Å². The van der Waals surface area contributed by atoms with E-state index in [1.165, 1.54) is 12.1 Å². The third-order valence-electron chi connectivity index (χ3n) is 5.79. The van der Waals surface area contributed by atoms with Crippen LogP contribution in [0.1, 0.15) is 20.7 Å². The molecule has 3 aromatic carbocycles. The number of carbonyl (C=O) groups excluding carboxylic acids is 2. The Morgan fingerprint density at radius 3 is 2.06 bits per heavy atom. The van der Waals surface area contributed by atoms with Crippen molar-refractivity contribution in [1.82, 2.24) is 4.90 Å². The minimum Gasteiger partial charge on any atom is -0.491 e. The number of rotatable bonds is 5. The highest BCUT2D eigenvalue weighted by Gasteiger charge is 2.30. The molecule has 0 radical (unpaired) electrons. The maximum absolute atomic E-state index is 14.2. The number of methoxy groups -OCH3 is 1. The van der Waals surface area contributed by atoms with Gasteiger partial charge in [0.05, 0.1) is 17.8 Å². The van der Waals surface area contributed by atoms with Crippen LogP contribution in [-0.4, -0.2) is 50.0 Å². The first-order valence-electron chi connectivity index (χ1n) is 10.8. The largest absolute Gasteiger partial charge is 0.491 e. The summed E-state index contributed by atoms with van der Waals surface area (Å²) in [5.74, 6) is -10.1. The van der Waals surface area contributed by atoms with Gasteiger partial charge in [-0.25, -0.2) is 8.78 Å². The van der Waals surface area contributed by atoms with Crippen LogP contribution in [0, 0.1) is 23.3 Å². The number of hydrogen-bond donors (Lipinski definition) is 1. The Bertz CT molecular complexity index is 1290. The number of halogens is 5. The van der Waals surface area contributed by atoms with Gasteiger partial charge < -0.3 is 19.9 Å². The molecule has 0 aliphatic carbocycles. The van der Waals surface area contributed by atoms with Gasteiger partial charge in [0.15, 0.2) is 17.4 Å². The Hall–Kier alpha value is -3.79. The van der Waals surface area contributed by atoms with Gasteiger partial charge in [0, 0.05) is 37.4 Å². The fraction of sp³-hybridized carbons (Fsp3) is 0.200. The van der Waals surface area contributed by atoms with Crippen molar-refractivity contribution in [2.45, 2.75) is 0 Å². The molecule has 1 aliphatic rings. The molecule has 0 bridgehead atoms. The Morgan fingerprint density at radius 2 is 1.50 bits per heavy atom. The summed E-state index contributed by atoms with van der Waals surface area (Å²) in [6, 6.07) is 13.3. The molecule has 1 heterocycles. The fourth-order valence-corrected chi connectivity index (χ4v) is 4.24. The Balaban J connectivity index is 1.45. The van der Waals surface area contributed by atoms with Gasteiger partial charge in [0.1, 0.15) is 5.56 Å². The topological polar surface area (TPSA) is 61.9 Å². The van der Waals surface area contributed by atoms with Crippen LogP contribution in [0.2, 0.25) is 5.02 Å². The summed E-state index contributed by atoms with van der Waals surface area (Å²) in [5.41, 5.74) is -0.138. The van der Waals surface area contributed by atoms with Gasteiger partial charge in [0.2, 0.25) is 11.6 Å². The number of anilines is 2. The normalized spacial score (nSPS) is 13.5. The second kappa shape index (κ2) is 10.4. The van der Waals surface area contributed by atoms with Crippen LogP contribution in [-0.2, 0) is 0 Å². The first-order chi connectivity index (χ1) is 17.2. The van der Waals surface area contributed by atoms with Gasteiger partial charge in [-0.2, -0.15) is 8.78 Å². The first kappa shape index (κ1) is 25.3. The van der Waals surface area contributed by atoms with Crippen molar-refractivity contribution in [2.24, 2.45) is 0 Å². The molecule has 0 spiro atoms. The molecule has 4 rings (SSSR count). The van der Waals surface area contributed by atoms with Crippen molar-refractivity contribution in [3.63, 3.8) is 0 Å². The Kier molecular flexibility index (Phi) is 7.35. The lowest BCUT2D eigenvalue weighted by Crippen LogP contribution is -2.48. The number of benzene rings is 3. The van der Waals surface area contributed by atoms with E-state index >= 15 is 0 Å². The number of hydrogen-bond acceptors (Lipinski definition) is 4. The van der Waals surface area contributed by atoms with Crippen molar-refractivity contribution in [1.29, 1.82) is 0 Å². The molecule has 188 valence electrons. The van der Waals surface area contributed by atoms with Crippen LogP contribution >= 0.6 is 11.6 Å². The molecule has 1 N–H and O–H groups in total. The summed E-state index contributed by atoms with van der Waals surface area (Å²) >= 11 is 6.38. The number of nitrogens with zero attached hydrogens (tertiary/aromatic N) is 2. The summed E-state index contributed by atoms with van der Waals surface area (Å²) in [5, 5.41) is 2.42. The molecule has 1 fully saturated rings. The number of nitrogens with one attached hydrogen (secondary N) is 1. The van der Waals surface area contributed by atoms with E-state index < -0.39 is 40.5 Å². The number of ether oxygens (including phenoxy) is 1. The zero-order valence-electron chi connectivity index (χ0n) is 19.0. The molecular weight excluding hydrogens is 502 g/mol. The second-order valence-electron chi connectivity index (χ2n) is 7.93. The van der Waals surface area contributed by atoms with Crippen molar-refractivity contribution >= 4 is 34.8 Å². The highest BCUT2D eigenvalue weighted by atomic mass is 35.5. The average molecular weight is 522 g/mol. The summed E-state index contributed by atoms with van der Waals surface area (Å²) in [7, 11) is 0.838. The highest BCUT2D eigenvalue weighted by Crippen LogP contribution is 2.32. The molecule has 11 heteroatoms. The van der Waals surface area contributed by atoms with Crippen LogP contribution in [0.3, 0.4) is 0 Å². The number of amides is 2. The molecule has 1 saturated heterocycles. The predicted molar refractivity (Wildman–Crippen MR) is 127 cm³/mol. The fourth-order valence-electron chi connectivity index (χ4n) is 3.94. The SMILES string of the molecule is COc1c(F)c(F)c(C(=O)Nc2ccc(N3CCN(C(=O)c4ccccc4)CC3)c(Cl)c2)c(F)c1F. The van der Waals surface area contributed by atoms with E-state index in [0.717, 1.165) is 7.11 Å². The number of carbonyl (C=O) groups is 2.